The Hall–Kier alpha value is -2.49. The Morgan fingerprint density at radius 3 is 1.42 bits per heavy atom. The molecule has 0 unspecified atom stereocenters. The number of aromatic hydroxyl groups is 4. The van der Waals surface area contributed by atoms with Crippen LogP contribution < -0.4 is 10.6 Å². The van der Waals surface area contributed by atoms with Gasteiger partial charge in [0.1, 0.15) is 0 Å². The van der Waals surface area contributed by atoms with Crippen LogP contribution in [-0.2, 0) is 0 Å². The number of hydrogen-bond donors (Lipinski definition) is 4. The molecule has 0 aliphatic heterocycles. The molecular weight excluding hydrogens is 415 g/mol. The maximum absolute atomic E-state index is 10.6. The first-order chi connectivity index (χ1) is 12.5. The summed E-state index contributed by atoms with van der Waals surface area (Å²) in [6.45, 7) is -1.45. The standard InChI is InChI=1S/C20H14BrO4P/c21-26(19-13-7-3-1-5-11(13)9-15(22)17(19)24)20-14-8-4-2-6-12(14)10-16(23)18(20)25/h1-10,22-25H. The molecule has 0 amide bonds. The van der Waals surface area contributed by atoms with Crippen molar-refractivity contribution in [1.29, 1.82) is 0 Å². The minimum atomic E-state index is -1.45. The quantitative estimate of drug-likeness (QED) is 0.278. The number of hydrogen-bond acceptors (Lipinski definition) is 4. The van der Waals surface area contributed by atoms with E-state index < -0.39 is 6.62 Å². The van der Waals surface area contributed by atoms with Crippen molar-refractivity contribution in [3.63, 3.8) is 0 Å². The van der Waals surface area contributed by atoms with E-state index in [-0.39, 0.29) is 23.0 Å². The summed E-state index contributed by atoms with van der Waals surface area (Å²) >= 11 is 3.63. The Balaban J connectivity index is 2.08. The largest absolute Gasteiger partial charge is 0.504 e. The molecule has 0 aliphatic rings. The summed E-state index contributed by atoms with van der Waals surface area (Å²) in [6, 6.07) is 17.8. The van der Waals surface area contributed by atoms with Crippen molar-refractivity contribution in [2.45, 2.75) is 0 Å². The van der Waals surface area contributed by atoms with Gasteiger partial charge in [0.15, 0.2) is 23.0 Å². The van der Waals surface area contributed by atoms with Gasteiger partial charge < -0.3 is 20.4 Å². The van der Waals surface area contributed by atoms with Gasteiger partial charge in [-0.1, -0.05) is 48.5 Å². The number of benzene rings is 4. The third kappa shape index (κ3) is 2.56. The van der Waals surface area contributed by atoms with E-state index in [2.05, 4.69) is 15.5 Å². The van der Waals surface area contributed by atoms with Crippen LogP contribution in [0.15, 0.2) is 60.7 Å². The molecule has 4 rings (SSSR count). The molecule has 0 aromatic heterocycles. The molecule has 0 radical (unpaired) electrons. The fraction of sp³-hybridized carbons (Fsp3) is 0. The van der Waals surface area contributed by atoms with Crippen LogP contribution in [0.4, 0.5) is 0 Å². The van der Waals surface area contributed by atoms with Crippen LogP contribution in [-0.4, -0.2) is 20.4 Å². The topological polar surface area (TPSA) is 80.9 Å². The van der Waals surface area contributed by atoms with Crippen LogP contribution in [0.1, 0.15) is 0 Å². The lowest BCUT2D eigenvalue weighted by Gasteiger charge is -2.19. The van der Waals surface area contributed by atoms with E-state index in [1.54, 1.807) is 0 Å². The zero-order valence-corrected chi connectivity index (χ0v) is 15.9. The van der Waals surface area contributed by atoms with Crippen molar-refractivity contribution in [2.75, 3.05) is 0 Å². The highest BCUT2D eigenvalue weighted by Gasteiger charge is 2.26. The Labute approximate surface area is 158 Å². The predicted molar refractivity (Wildman–Crippen MR) is 110 cm³/mol. The molecule has 4 nitrogen and oxygen atoms in total. The van der Waals surface area contributed by atoms with Crippen molar-refractivity contribution in [3.8, 4) is 23.0 Å². The lowest BCUT2D eigenvalue weighted by atomic mass is 10.1. The summed E-state index contributed by atoms with van der Waals surface area (Å²) in [6.07, 6.45) is 0. The highest BCUT2D eigenvalue weighted by atomic mass is 79.9. The first kappa shape index (κ1) is 17.0. The van der Waals surface area contributed by atoms with Gasteiger partial charge >= 0.3 is 0 Å². The number of fused-ring (bicyclic) bond motifs is 2. The summed E-state index contributed by atoms with van der Waals surface area (Å²) in [5, 5.41) is 45.5. The second-order valence-corrected chi connectivity index (χ2v) is 9.49. The van der Waals surface area contributed by atoms with Crippen LogP contribution >= 0.6 is 22.1 Å². The molecule has 0 aliphatic carbocycles. The molecule has 0 spiro atoms. The fourth-order valence-corrected chi connectivity index (χ4v) is 6.92. The highest BCUT2D eigenvalue weighted by molar-refractivity contribution is 9.41. The van der Waals surface area contributed by atoms with E-state index in [4.69, 9.17) is 0 Å². The molecule has 26 heavy (non-hydrogen) atoms. The summed E-state index contributed by atoms with van der Waals surface area (Å²) < 4.78 is 0. The summed E-state index contributed by atoms with van der Waals surface area (Å²) in [4.78, 5) is 0. The molecule has 0 fully saturated rings. The van der Waals surface area contributed by atoms with Gasteiger partial charge in [-0.15, -0.1) is 0 Å². The van der Waals surface area contributed by atoms with Crippen LogP contribution in [0.5, 0.6) is 23.0 Å². The molecule has 0 bridgehead atoms. The third-order valence-electron chi connectivity index (χ3n) is 4.34. The number of halogens is 1. The van der Waals surface area contributed by atoms with Crippen molar-refractivity contribution >= 4 is 54.3 Å². The van der Waals surface area contributed by atoms with Gasteiger partial charge in [-0.3, -0.25) is 0 Å². The van der Waals surface area contributed by atoms with Gasteiger partial charge in [0.05, 0.1) is 0 Å². The minimum absolute atomic E-state index is 0.227. The van der Waals surface area contributed by atoms with E-state index in [1.807, 2.05) is 48.5 Å². The summed E-state index contributed by atoms with van der Waals surface area (Å²) in [5.74, 6) is -0.929. The SMILES string of the molecule is Oc1cc2ccccc2c(P(Br)c2c(O)c(O)cc3ccccc23)c1O. The first-order valence-electron chi connectivity index (χ1n) is 7.82. The average molecular weight is 429 g/mol. The Morgan fingerprint density at radius 2 is 1.00 bits per heavy atom. The van der Waals surface area contributed by atoms with Crippen molar-refractivity contribution in [1.82, 2.24) is 0 Å². The van der Waals surface area contributed by atoms with Crippen LogP contribution in [0.25, 0.3) is 21.5 Å². The summed E-state index contributed by atoms with van der Waals surface area (Å²) in [7, 11) is 0. The molecule has 4 N–H and O–H groups in total. The van der Waals surface area contributed by atoms with Gasteiger partial charge in [0, 0.05) is 17.2 Å². The lowest BCUT2D eigenvalue weighted by molar-refractivity contribution is 0.407. The summed E-state index contributed by atoms with van der Waals surface area (Å²) in [5.41, 5.74) is 0. The van der Waals surface area contributed by atoms with Gasteiger partial charge in [-0.25, -0.2) is 0 Å². The van der Waals surface area contributed by atoms with Crippen molar-refractivity contribution in [3.05, 3.63) is 60.7 Å². The van der Waals surface area contributed by atoms with E-state index in [0.717, 1.165) is 21.5 Å². The average Bonchev–Trinajstić information content (AvgIpc) is 2.63. The molecule has 0 atom stereocenters. The lowest BCUT2D eigenvalue weighted by Crippen LogP contribution is -2.12. The highest BCUT2D eigenvalue weighted by Crippen LogP contribution is 2.53. The second-order valence-electron chi connectivity index (χ2n) is 5.91. The molecular formula is C20H14BrO4P. The number of phenolic OH excluding ortho intramolecular Hbond substituents is 4. The molecule has 0 heterocycles. The van der Waals surface area contributed by atoms with Crippen molar-refractivity contribution in [2.24, 2.45) is 0 Å². The predicted octanol–water partition coefficient (Wildman–Crippen LogP) is 4.56. The van der Waals surface area contributed by atoms with Crippen molar-refractivity contribution < 1.29 is 20.4 Å². The fourth-order valence-electron chi connectivity index (χ4n) is 3.12. The van der Waals surface area contributed by atoms with E-state index in [1.165, 1.54) is 12.1 Å². The van der Waals surface area contributed by atoms with E-state index >= 15 is 0 Å². The first-order valence-corrected chi connectivity index (χ1v) is 11.2. The van der Waals surface area contributed by atoms with Gasteiger partial charge in [-0.05, 0) is 49.2 Å². The second kappa shape index (κ2) is 6.35. The Kier molecular flexibility index (Phi) is 4.14. The monoisotopic (exact) mass is 428 g/mol. The Bertz CT molecular complexity index is 1070. The van der Waals surface area contributed by atoms with Crippen LogP contribution in [0.3, 0.4) is 0 Å². The van der Waals surface area contributed by atoms with Gasteiger partial charge in [-0.2, -0.15) is 0 Å². The minimum Gasteiger partial charge on any atom is -0.504 e. The van der Waals surface area contributed by atoms with Crippen LogP contribution in [0.2, 0.25) is 0 Å². The third-order valence-corrected chi connectivity index (χ3v) is 8.16. The maximum Gasteiger partial charge on any atom is 0.167 e. The molecule has 0 saturated carbocycles. The van der Waals surface area contributed by atoms with E-state index in [0.29, 0.717) is 10.6 Å². The number of rotatable bonds is 2. The smallest absolute Gasteiger partial charge is 0.167 e. The molecule has 4 aromatic rings. The van der Waals surface area contributed by atoms with Gasteiger partial charge in [0.25, 0.3) is 0 Å². The molecule has 130 valence electrons. The molecule has 0 saturated heterocycles. The van der Waals surface area contributed by atoms with Gasteiger partial charge in [0.2, 0.25) is 0 Å². The zero-order chi connectivity index (χ0) is 18.4. The normalized spacial score (nSPS) is 11.5. The van der Waals surface area contributed by atoms with Crippen LogP contribution in [0, 0.1) is 0 Å². The Morgan fingerprint density at radius 1 is 0.615 bits per heavy atom. The molecule has 6 heteroatoms. The molecule has 4 aromatic carbocycles. The van der Waals surface area contributed by atoms with E-state index in [9.17, 15) is 20.4 Å². The maximum atomic E-state index is 10.6. The zero-order valence-electron chi connectivity index (χ0n) is 13.4. The number of phenols is 4.